The van der Waals surface area contributed by atoms with E-state index in [0.717, 1.165) is 11.4 Å². The minimum Gasteiger partial charge on any atom is -0.353 e. The first-order chi connectivity index (χ1) is 15.5. The molecule has 9 heteroatoms. The van der Waals surface area contributed by atoms with Gasteiger partial charge in [-0.25, -0.2) is 13.4 Å². The first-order valence-corrected chi connectivity index (χ1v) is 13.0. The zero-order valence-corrected chi connectivity index (χ0v) is 19.2. The molecule has 2 aliphatic rings. The average molecular weight is 469 g/mol. The number of piperazine rings is 1. The third kappa shape index (κ3) is 3.92. The van der Waals surface area contributed by atoms with Crippen molar-refractivity contribution in [2.24, 2.45) is 0 Å². The number of amides is 1. The van der Waals surface area contributed by atoms with Gasteiger partial charge in [-0.1, -0.05) is 30.3 Å². The lowest BCUT2D eigenvalue weighted by molar-refractivity contribution is 0.0747. The van der Waals surface area contributed by atoms with Crippen molar-refractivity contribution >= 4 is 33.1 Å². The van der Waals surface area contributed by atoms with Crippen molar-refractivity contribution in [2.45, 2.75) is 17.9 Å². The first-order valence-electron chi connectivity index (χ1n) is 10.6. The number of aromatic nitrogens is 1. The van der Waals surface area contributed by atoms with Crippen LogP contribution in [0.15, 0.2) is 65.0 Å². The highest BCUT2D eigenvalue weighted by Gasteiger charge is 2.34. The maximum Gasteiger partial charge on any atom is 0.265 e. The SMILES string of the molecule is O=C(c1sccc1S(=O)(=O)N1CCc2ccccc2C1)N1CCN(c2ccccn2)CC1. The summed E-state index contributed by atoms with van der Waals surface area (Å²) in [5.41, 5.74) is 2.21. The molecule has 0 unspecified atom stereocenters. The molecule has 1 aromatic carbocycles. The summed E-state index contributed by atoms with van der Waals surface area (Å²) >= 11 is 1.20. The lowest BCUT2D eigenvalue weighted by Gasteiger charge is -2.35. The summed E-state index contributed by atoms with van der Waals surface area (Å²) in [7, 11) is -3.75. The highest BCUT2D eigenvalue weighted by molar-refractivity contribution is 7.89. The van der Waals surface area contributed by atoms with E-state index in [4.69, 9.17) is 0 Å². The molecule has 5 rings (SSSR count). The lowest BCUT2D eigenvalue weighted by atomic mass is 10.0. The Bertz CT molecular complexity index is 1220. The van der Waals surface area contributed by atoms with E-state index in [0.29, 0.717) is 50.6 Å². The van der Waals surface area contributed by atoms with Gasteiger partial charge in [0.25, 0.3) is 5.91 Å². The fraction of sp³-hybridized carbons (Fsp3) is 0.304. The predicted octanol–water partition coefficient (Wildman–Crippen LogP) is 2.85. The van der Waals surface area contributed by atoms with Crippen LogP contribution in [-0.4, -0.2) is 61.2 Å². The summed E-state index contributed by atoms with van der Waals surface area (Å²) in [5, 5.41) is 1.70. The fourth-order valence-corrected chi connectivity index (χ4v) is 7.07. The second kappa shape index (κ2) is 8.65. The average Bonchev–Trinajstić information content (AvgIpc) is 3.35. The zero-order chi connectivity index (χ0) is 22.1. The largest absolute Gasteiger partial charge is 0.353 e. The van der Waals surface area contributed by atoms with Gasteiger partial charge in [0.2, 0.25) is 10.0 Å². The number of hydrogen-bond donors (Lipinski definition) is 0. The molecule has 32 heavy (non-hydrogen) atoms. The van der Waals surface area contributed by atoms with E-state index in [2.05, 4.69) is 9.88 Å². The van der Waals surface area contributed by atoms with Gasteiger partial charge >= 0.3 is 0 Å². The maximum atomic E-state index is 13.4. The molecule has 2 aliphatic heterocycles. The smallest absolute Gasteiger partial charge is 0.265 e. The van der Waals surface area contributed by atoms with Crippen molar-refractivity contribution in [3.05, 3.63) is 76.1 Å². The number of carbonyl (C=O) groups is 1. The number of sulfonamides is 1. The molecule has 2 aromatic heterocycles. The highest BCUT2D eigenvalue weighted by Crippen LogP contribution is 2.30. The van der Waals surface area contributed by atoms with Gasteiger partial charge in [-0.2, -0.15) is 4.31 Å². The standard InChI is InChI=1S/C23H24N4O3S2/c28-23(26-14-12-25(13-15-26)21-7-3-4-10-24-21)22-20(9-16-31-22)32(29,30)27-11-8-18-5-1-2-6-19(18)17-27/h1-7,9-10,16H,8,11-15,17H2. The monoisotopic (exact) mass is 468 g/mol. The molecule has 0 saturated carbocycles. The number of pyridine rings is 1. The van der Waals surface area contributed by atoms with Gasteiger partial charge < -0.3 is 9.80 Å². The van der Waals surface area contributed by atoms with Crippen molar-refractivity contribution in [3.8, 4) is 0 Å². The minimum atomic E-state index is -3.75. The third-order valence-electron chi connectivity index (χ3n) is 6.08. The lowest BCUT2D eigenvalue weighted by Crippen LogP contribution is -2.49. The zero-order valence-electron chi connectivity index (χ0n) is 17.6. The van der Waals surface area contributed by atoms with Gasteiger partial charge in [0.15, 0.2) is 0 Å². The Morgan fingerprint density at radius 1 is 0.906 bits per heavy atom. The summed E-state index contributed by atoms with van der Waals surface area (Å²) < 4.78 is 28.4. The third-order valence-corrected chi connectivity index (χ3v) is 9.00. The van der Waals surface area contributed by atoms with E-state index in [1.165, 1.54) is 21.2 Å². The number of nitrogens with zero attached hydrogens (tertiary/aromatic N) is 4. The van der Waals surface area contributed by atoms with Crippen LogP contribution in [0.3, 0.4) is 0 Å². The van der Waals surface area contributed by atoms with E-state index in [9.17, 15) is 13.2 Å². The number of fused-ring (bicyclic) bond motifs is 1. The van der Waals surface area contributed by atoms with Crippen molar-refractivity contribution in [3.63, 3.8) is 0 Å². The van der Waals surface area contributed by atoms with Crippen molar-refractivity contribution < 1.29 is 13.2 Å². The van der Waals surface area contributed by atoms with Crippen LogP contribution in [0.1, 0.15) is 20.8 Å². The quantitative estimate of drug-likeness (QED) is 0.589. The molecule has 1 saturated heterocycles. The van der Waals surface area contributed by atoms with Gasteiger partial charge in [-0.15, -0.1) is 11.3 Å². The summed E-state index contributed by atoms with van der Waals surface area (Å²) in [6.45, 7) is 3.16. The number of carbonyl (C=O) groups excluding carboxylic acids is 1. The van der Waals surface area contributed by atoms with E-state index >= 15 is 0 Å². The Morgan fingerprint density at radius 3 is 2.41 bits per heavy atom. The molecule has 0 atom stereocenters. The van der Waals surface area contributed by atoms with E-state index < -0.39 is 10.0 Å². The van der Waals surface area contributed by atoms with Gasteiger partial charge in [0.05, 0.1) is 0 Å². The van der Waals surface area contributed by atoms with Crippen LogP contribution in [0.4, 0.5) is 5.82 Å². The van der Waals surface area contributed by atoms with Crippen LogP contribution in [0.2, 0.25) is 0 Å². The van der Waals surface area contributed by atoms with Crippen molar-refractivity contribution in [1.82, 2.24) is 14.2 Å². The summed E-state index contributed by atoms with van der Waals surface area (Å²) in [6.07, 6.45) is 2.44. The first kappa shape index (κ1) is 21.1. The Morgan fingerprint density at radius 2 is 1.66 bits per heavy atom. The molecule has 0 spiro atoms. The Kier molecular flexibility index (Phi) is 5.71. The molecule has 1 fully saturated rings. The summed E-state index contributed by atoms with van der Waals surface area (Å²) in [6, 6.07) is 15.3. The molecule has 0 bridgehead atoms. The van der Waals surface area contributed by atoms with E-state index in [1.807, 2.05) is 42.5 Å². The molecule has 7 nitrogen and oxygen atoms in total. The summed E-state index contributed by atoms with van der Waals surface area (Å²) in [4.78, 5) is 22.0. The topological polar surface area (TPSA) is 73.8 Å². The van der Waals surface area contributed by atoms with Gasteiger partial charge in [0, 0.05) is 45.5 Å². The predicted molar refractivity (Wildman–Crippen MR) is 124 cm³/mol. The number of anilines is 1. The van der Waals surface area contributed by atoms with Gasteiger partial charge in [-0.3, -0.25) is 4.79 Å². The normalized spacial score (nSPS) is 17.2. The Labute approximate surface area is 192 Å². The van der Waals surface area contributed by atoms with Gasteiger partial charge in [0.1, 0.15) is 15.6 Å². The summed E-state index contributed by atoms with van der Waals surface area (Å²) in [5.74, 6) is 0.682. The second-order valence-corrected chi connectivity index (χ2v) is 10.8. The molecular formula is C23H24N4O3S2. The fourth-order valence-electron chi connectivity index (χ4n) is 4.29. The van der Waals surface area contributed by atoms with Crippen LogP contribution >= 0.6 is 11.3 Å². The molecule has 1 amide bonds. The molecular weight excluding hydrogens is 444 g/mol. The highest BCUT2D eigenvalue weighted by atomic mass is 32.2. The van der Waals surface area contributed by atoms with Crippen molar-refractivity contribution in [2.75, 3.05) is 37.6 Å². The molecule has 3 aromatic rings. The van der Waals surface area contributed by atoms with Crippen LogP contribution in [0, 0.1) is 0 Å². The molecule has 0 aliphatic carbocycles. The second-order valence-electron chi connectivity index (χ2n) is 7.94. The number of benzene rings is 1. The van der Waals surface area contributed by atoms with Crippen LogP contribution < -0.4 is 4.90 Å². The number of rotatable bonds is 4. The van der Waals surface area contributed by atoms with Crippen LogP contribution in [0.25, 0.3) is 0 Å². The number of thiophene rings is 1. The Balaban J connectivity index is 1.32. The molecule has 0 radical (unpaired) electrons. The minimum absolute atomic E-state index is 0.124. The van der Waals surface area contributed by atoms with Crippen LogP contribution in [0.5, 0.6) is 0 Å². The molecule has 4 heterocycles. The molecule has 0 N–H and O–H groups in total. The van der Waals surface area contributed by atoms with E-state index in [-0.39, 0.29) is 10.8 Å². The van der Waals surface area contributed by atoms with E-state index in [1.54, 1.807) is 22.5 Å². The van der Waals surface area contributed by atoms with Gasteiger partial charge in [-0.05, 0) is 41.1 Å². The number of hydrogen-bond acceptors (Lipinski definition) is 6. The Hall–Kier alpha value is -2.75. The van der Waals surface area contributed by atoms with Crippen molar-refractivity contribution in [1.29, 1.82) is 0 Å². The van der Waals surface area contributed by atoms with Crippen LogP contribution in [-0.2, 0) is 23.0 Å². The maximum absolute atomic E-state index is 13.4. The molecule has 166 valence electrons.